The summed E-state index contributed by atoms with van der Waals surface area (Å²) in [6.07, 6.45) is 11.1. The van der Waals surface area contributed by atoms with Crippen molar-refractivity contribution in [2.24, 2.45) is 0 Å². The molecule has 3 heteroatoms. The average molecular weight is 175 g/mol. The van der Waals surface area contributed by atoms with Crippen molar-refractivity contribution in [3.05, 3.63) is 47.9 Å². The van der Waals surface area contributed by atoms with Crippen molar-refractivity contribution in [3.63, 3.8) is 0 Å². The summed E-state index contributed by atoms with van der Waals surface area (Å²) in [7, 11) is 0. The molecule has 0 aromatic rings. The number of allylic oxidation sites excluding steroid dienone is 5. The molecule has 66 valence electrons. The van der Waals surface area contributed by atoms with Crippen LogP contribution in [0.1, 0.15) is 0 Å². The highest BCUT2D eigenvalue weighted by molar-refractivity contribution is 5.88. The summed E-state index contributed by atoms with van der Waals surface area (Å²) in [6.45, 7) is 0.446. The van der Waals surface area contributed by atoms with Crippen LogP contribution in [0.3, 0.4) is 0 Å². The van der Waals surface area contributed by atoms with Gasteiger partial charge in [0.15, 0.2) is 0 Å². The maximum absolute atomic E-state index is 10.7. The maximum Gasteiger partial charge on any atom is 0.333 e. The van der Waals surface area contributed by atoms with Gasteiger partial charge in [0.25, 0.3) is 0 Å². The number of hydrogen-bond acceptors (Lipinski definition) is 2. The summed E-state index contributed by atoms with van der Waals surface area (Å²) in [5.74, 6) is -0.849. The molecule has 2 aliphatic heterocycles. The highest BCUT2D eigenvalue weighted by Crippen LogP contribution is 2.19. The van der Waals surface area contributed by atoms with Crippen LogP contribution < -0.4 is 0 Å². The van der Waals surface area contributed by atoms with E-state index in [2.05, 4.69) is 0 Å². The first-order chi connectivity index (χ1) is 6.27. The zero-order valence-electron chi connectivity index (χ0n) is 6.97. The molecule has 0 aromatic heterocycles. The maximum atomic E-state index is 10.7. The third-order valence-corrected chi connectivity index (χ3v) is 2.05. The zero-order chi connectivity index (χ0) is 9.26. The van der Waals surface area contributed by atoms with E-state index in [0.29, 0.717) is 12.1 Å². The predicted molar refractivity (Wildman–Crippen MR) is 48.8 cm³/mol. The van der Waals surface area contributed by atoms with Crippen LogP contribution in [0.2, 0.25) is 0 Å². The third kappa shape index (κ3) is 1.40. The Kier molecular flexibility index (Phi) is 1.77. The first-order valence-electron chi connectivity index (χ1n) is 4.03. The van der Waals surface area contributed by atoms with E-state index in [1.807, 2.05) is 35.4 Å². The molecule has 0 atom stereocenters. The summed E-state index contributed by atoms with van der Waals surface area (Å²) in [4.78, 5) is 12.6. The van der Waals surface area contributed by atoms with E-state index in [-0.39, 0.29) is 0 Å². The summed E-state index contributed by atoms with van der Waals surface area (Å²) >= 11 is 0. The molecule has 0 radical (unpaired) electrons. The summed E-state index contributed by atoms with van der Waals surface area (Å²) in [5.41, 5.74) is 1.45. The molecule has 0 saturated heterocycles. The third-order valence-electron chi connectivity index (χ3n) is 2.05. The van der Waals surface area contributed by atoms with E-state index in [1.165, 1.54) is 0 Å². The fraction of sp³-hybridized carbons (Fsp3) is 0.100. The van der Waals surface area contributed by atoms with E-state index in [4.69, 9.17) is 5.11 Å². The van der Waals surface area contributed by atoms with Crippen LogP contribution in [-0.4, -0.2) is 22.5 Å². The zero-order valence-corrected chi connectivity index (χ0v) is 6.97. The number of fused-ring (bicyclic) bond motifs is 1. The van der Waals surface area contributed by atoms with E-state index in [0.717, 1.165) is 5.70 Å². The number of hydrogen-bond donors (Lipinski definition) is 1. The fourth-order valence-corrected chi connectivity index (χ4v) is 1.35. The van der Waals surface area contributed by atoms with E-state index >= 15 is 0 Å². The van der Waals surface area contributed by atoms with Gasteiger partial charge in [0.1, 0.15) is 0 Å². The molecular weight excluding hydrogens is 166 g/mol. The number of nitrogens with zero attached hydrogens (tertiary/aromatic N) is 1. The van der Waals surface area contributed by atoms with Crippen LogP contribution in [0, 0.1) is 0 Å². The van der Waals surface area contributed by atoms with E-state index < -0.39 is 5.97 Å². The van der Waals surface area contributed by atoms with Crippen molar-refractivity contribution >= 4 is 5.97 Å². The molecule has 0 unspecified atom stereocenters. The monoisotopic (exact) mass is 175 g/mol. The van der Waals surface area contributed by atoms with Gasteiger partial charge in [-0.15, -0.1) is 0 Å². The molecule has 13 heavy (non-hydrogen) atoms. The Morgan fingerprint density at radius 3 is 3.00 bits per heavy atom. The summed E-state index contributed by atoms with van der Waals surface area (Å²) < 4.78 is 0. The van der Waals surface area contributed by atoms with Gasteiger partial charge in [0.05, 0.1) is 12.1 Å². The predicted octanol–water partition coefficient (Wildman–Crippen LogP) is 1.28. The standard InChI is InChI=1S/C10H9NO2/c12-10(13)8-4-5-9-3-1-2-6-11(9)7-8/h1-6H,7H2,(H,12,13). The molecule has 0 spiro atoms. The largest absolute Gasteiger partial charge is 0.478 e. The molecule has 0 saturated carbocycles. The first-order valence-corrected chi connectivity index (χ1v) is 4.03. The molecule has 0 amide bonds. The smallest absolute Gasteiger partial charge is 0.333 e. The van der Waals surface area contributed by atoms with Crippen LogP contribution in [0.4, 0.5) is 0 Å². The lowest BCUT2D eigenvalue weighted by molar-refractivity contribution is -0.132. The summed E-state index contributed by atoms with van der Waals surface area (Å²) in [5, 5.41) is 8.76. The van der Waals surface area contributed by atoms with Crippen molar-refractivity contribution in [3.8, 4) is 0 Å². The molecule has 3 nitrogen and oxygen atoms in total. The molecule has 0 aromatic carbocycles. The molecule has 2 rings (SSSR count). The average Bonchev–Trinajstić information content (AvgIpc) is 2.17. The van der Waals surface area contributed by atoms with Gasteiger partial charge in [-0.05, 0) is 24.3 Å². The second-order valence-corrected chi connectivity index (χ2v) is 2.92. The minimum atomic E-state index is -0.849. The molecular formula is C10H9NO2. The number of carboxylic acid groups (broad SMARTS) is 1. The number of carboxylic acids is 1. The van der Waals surface area contributed by atoms with Gasteiger partial charge in [-0.3, -0.25) is 0 Å². The van der Waals surface area contributed by atoms with E-state index in [1.54, 1.807) is 6.08 Å². The van der Waals surface area contributed by atoms with Crippen LogP contribution in [-0.2, 0) is 4.79 Å². The van der Waals surface area contributed by atoms with Gasteiger partial charge in [0, 0.05) is 11.9 Å². The highest BCUT2D eigenvalue weighted by Gasteiger charge is 2.16. The number of aliphatic carboxylic acids is 1. The minimum absolute atomic E-state index is 0.420. The lowest BCUT2D eigenvalue weighted by Gasteiger charge is -2.26. The summed E-state index contributed by atoms with van der Waals surface area (Å²) in [6, 6.07) is 0. The molecule has 1 N–H and O–H groups in total. The van der Waals surface area contributed by atoms with Gasteiger partial charge in [-0.1, -0.05) is 6.08 Å². The second kappa shape index (κ2) is 2.94. The lowest BCUT2D eigenvalue weighted by atomic mass is 10.1. The number of rotatable bonds is 1. The molecule has 0 bridgehead atoms. The molecule has 0 fully saturated rings. The number of carbonyl (C=O) groups is 1. The van der Waals surface area contributed by atoms with Crippen LogP contribution in [0.5, 0.6) is 0 Å². The Balaban J connectivity index is 2.29. The highest BCUT2D eigenvalue weighted by atomic mass is 16.4. The first kappa shape index (κ1) is 7.86. The van der Waals surface area contributed by atoms with Crippen molar-refractivity contribution in [1.29, 1.82) is 0 Å². The van der Waals surface area contributed by atoms with Gasteiger partial charge in [0.2, 0.25) is 0 Å². The van der Waals surface area contributed by atoms with Crippen LogP contribution in [0.15, 0.2) is 47.9 Å². The topological polar surface area (TPSA) is 40.5 Å². The SMILES string of the molecule is O=C(O)C1=CC=C2C=CC=CN2C1. The second-order valence-electron chi connectivity index (χ2n) is 2.92. The Labute approximate surface area is 76.0 Å². The fourth-order valence-electron chi connectivity index (χ4n) is 1.35. The quantitative estimate of drug-likeness (QED) is 0.652. The van der Waals surface area contributed by atoms with Crippen LogP contribution in [0.25, 0.3) is 0 Å². The van der Waals surface area contributed by atoms with Crippen molar-refractivity contribution in [1.82, 2.24) is 4.90 Å². The van der Waals surface area contributed by atoms with Crippen molar-refractivity contribution < 1.29 is 9.90 Å². The molecule has 0 aliphatic carbocycles. The van der Waals surface area contributed by atoms with Crippen molar-refractivity contribution in [2.45, 2.75) is 0 Å². The Morgan fingerprint density at radius 2 is 2.23 bits per heavy atom. The Bertz CT molecular complexity index is 361. The Morgan fingerprint density at radius 1 is 1.38 bits per heavy atom. The van der Waals surface area contributed by atoms with Crippen molar-refractivity contribution in [2.75, 3.05) is 6.54 Å². The Hall–Kier alpha value is -1.77. The van der Waals surface area contributed by atoms with Gasteiger partial charge < -0.3 is 10.0 Å². The minimum Gasteiger partial charge on any atom is -0.478 e. The normalized spacial score (nSPS) is 19.2. The van der Waals surface area contributed by atoms with Gasteiger partial charge in [-0.2, -0.15) is 0 Å². The van der Waals surface area contributed by atoms with E-state index in [9.17, 15) is 4.79 Å². The van der Waals surface area contributed by atoms with Gasteiger partial charge >= 0.3 is 5.97 Å². The lowest BCUT2D eigenvalue weighted by Crippen LogP contribution is -2.25. The molecule has 2 aliphatic rings. The molecule has 2 heterocycles. The van der Waals surface area contributed by atoms with Crippen LogP contribution >= 0.6 is 0 Å². The van der Waals surface area contributed by atoms with Gasteiger partial charge in [-0.25, -0.2) is 4.79 Å².